The van der Waals surface area contributed by atoms with Crippen LogP contribution in [0.3, 0.4) is 0 Å². The van der Waals surface area contributed by atoms with Gasteiger partial charge in [-0.3, -0.25) is 4.90 Å². The molecule has 0 saturated carbocycles. The zero-order chi connectivity index (χ0) is 13.0. The zero-order valence-electron chi connectivity index (χ0n) is 11.1. The van der Waals surface area contributed by atoms with E-state index in [1.54, 1.807) is 11.3 Å². The molecule has 1 aliphatic rings. The highest BCUT2D eigenvalue weighted by Crippen LogP contribution is 2.15. The first-order valence-corrected chi connectivity index (χ1v) is 7.96. The van der Waals surface area contributed by atoms with Crippen molar-refractivity contribution < 1.29 is 4.74 Å². The second-order valence-electron chi connectivity index (χ2n) is 4.99. The van der Waals surface area contributed by atoms with E-state index in [-0.39, 0.29) is 0 Å². The molecular formula is C13H21ClN2OS. The molecule has 1 aromatic heterocycles. The van der Waals surface area contributed by atoms with Crippen LogP contribution in [-0.4, -0.2) is 41.7 Å². The van der Waals surface area contributed by atoms with Crippen molar-refractivity contribution in [2.75, 3.05) is 19.6 Å². The third-order valence-corrected chi connectivity index (χ3v) is 4.33. The average molecular weight is 289 g/mol. The van der Waals surface area contributed by atoms with E-state index in [0.29, 0.717) is 18.1 Å². The molecule has 1 fully saturated rings. The Morgan fingerprint density at radius 2 is 2.17 bits per heavy atom. The molecule has 102 valence electrons. The highest BCUT2D eigenvalue weighted by Gasteiger charge is 2.21. The van der Waals surface area contributed by atoms with Crippen molar-refractivity contribution in [3.63, 3.8) is 0 Å². The number of aryl methyl sites for hydroxylation is 1. The van der Waals surface area contributed by atoms with Gasteiger partial charge in [-0.1, -0.05) is 0 Å². The molecule has 0 N–H and O–H groups in total. The van der Waals surface area contributed by atoms with E-state index in [1.165, 1.54) is 5.01 Å². The molecule has 0 bridgehead atoms. The summed E-state index contributed by atoms with van der Waals surface area (Å²) < 4.78 is 5.73. The van der Waals surface area contributed by atoms with Gasteiger partial charge in [-0.2, -0.15) is 0 Å². The maximum atomic E-state index is 5.75. The monoisotopic (exact) mass is 288 g/mol. The van der Waals surface area contributed by atoms with Gasteiger partial charge >= 0.3 is 0 Å². The van der Waals surface area contributed by atoms with Crippen LogP contribution in [0.2, 0.25) is 0 Å². The van der Waals surface area contributed by atoms with Crippen LogP contribution in [0.15, 0.2) is 5.38 Å². The number of halogens is 1. The third-order valence-electron chi connectivity index (χ3n) is 3.10. The molecule has 0 radical (unpaired) electrons. The average Bonchev–Trinajstić information content (AvgIpc) is 2.76. The smallest absolute Gasteiger partial charge is 0.0929 e. The van der Waals surface area contributed by atoms with E-state index in [1.807, 2.05) is 0 Å². The van der Waals surface area contributed by atoms with Crippen LogP contribution in [0, 0.1) is 0 Å². The van der Waals surface area contributed by atoms with E-state index in [9.17, 15) is 0 Å². The largest absolute Gasteiger partial charge is 0.373 e. The maximum absolute atomic E-state index is 5.75. The number of rotatable bonds is 5. The zero-order valence-corrected chi connectivity index (χ0v) is 12.6. The molecule has 0 spiro atoms. The first kappa shape index (κ1) is 14.3. The Bertz CT molecular complexity index is 362. The van der Waals surface area contributed by atoms with Crippen LogP contribution in [0.1, 0.15) is 31.0 Å². The van der Waals surface area contributed by atoms with E-state index in [0.717, 1.165) is 38.2 Å². The molecule has 2 rings (SSSR count). The van der Waals surface area contributed by atoms with Crippen LogP contribution in [0.5, 0.6) is 0 Å². The number of alkyl halides is 1. The summed E-state index contributed by atoms with van der Waals surface area (Å²) in [7, 11) is 0. The Labute approximate surface area is 118 Å². The van der Waals surface area contributed by atoms with Gasteiger partial charge in [-0.05, 0) is 26.8 Å². The van der Waals surface area contributed by atoms with E-state index in [2.05, 4.69) is 29.1 Å². The highest BCUT2D eigenvalue weighted by molar-refractivity contribution is 7.09. The Balaban J connectivity index is 1.71. The summed E-state index contributed by atoms with van der Waals surface area (Å²) in [5, 5.41) is 3.27. The molecular weight excluding hydrogens is 268 g/mol. The normalized spacial score (nSPS) is 25.5. The van der Waals surface area contributed by atoms with Crippen molar-refractivity contribution in [3.05, 3.63) is 16.1 Å². The molecule has 2 heterocycles. The summed E-state index contributed by atoms with van der Waals surface area (Å²) in [6, 6.07) is 0. The lowest BCUT2D eigenvalue weighted by atomic mass is 10.2. The number of morpholine rings is 1. The lowest BCUT2D eigenvalue weighted by Gasteiger charge is -2.35. The summed E-state index contributed by atoms with van der Waals surface area (Å²) in [5.74, 6) is 0.523. The summed E-state index contributed by atoms with van der Waals surface area (Å²) in [4.78, 5) is 6.98. The van der Waals surface area contributed by atoms with Crippen LogP contribution in [-0.2, 0) is 17.0 Å². The van der Waals surface area contributed by atoms with Gasteiger partial charge in [0.2, 0.25) is 0 Å². The van der Waals surface area contributed by atoms with Crippen molar-refractivity contribution in [3.8, 4) is 0 Å². The summed E-state index contributed by atoms with van der Waals surface area (Å²) >= 11 is 7.47. The Hall–Kier alpha value is -0.160. The van der Waals surface area contributed by atoms with E-state index < -0.39 is 0 Å². The van der Waals surface area contributed by atoms with Gasteiger partial charge in [0.15, 0.2) is 0 Å². The van der Waals surface area contributed by atoms with Crippen molar-refractivity contribution >= 4 is 22.9 Å². The van der Waals surface area contributed by atoms with Gasteiger partial charge < -0.3 is 4.74 Å². The summed E-state index contributed by atoms with van der Waals surface area (Å²) in [6.07, 6.45) is 2.93. The van der Waals surface area contributed by atoms with Gasteiger partial charge in [0.1, 0.15) is 0 Å². The lowest BCUT2D eigenvalue weighted by molar-refractivity contribution is -0.0680. The molecule has 18 heavy (non-hydrogen) atoms. The molecule has 2 unspecified atom stereocenters. The number of ether oxygens (including phenoxy) is 1. The second-order valence-corrected chi connectivity index (χ2v) is 6.20. The maximum Gasteiger partial charge on any atom is 0.0929 e. The second kappa shape index (κ2) is 6.85. The predicted octanol–water partition coefficient (Wildman–Crippen LogP) is 2.92. The molecule has 5 heteroatoms. The minimum Gasteiger partial charge on any atom is -0.373 e. The predicted molar refractivity (Wildman–Crippen MR) is 76.4 cm³/mol. The minimum atomic E-state index is 0.358. The van der Waals surface area contributed by atoms with Crippen molar-refractivity contribution in [1.82, 2.24) is 9.88 Å². The Morgan fingerprint density at radius 1 is 1.44 bits per heavy atom. The van der Waals surface area contributed by atoms with E-state index in [4.69, 9.17) is 16.3 Å². The van der Waals surface area contributed by atoms with Crippen LogP contribution in [0.25, 0.3) is 0 Å². The summed E-state index contributed by atoms with van der Waals surface area (Å²) in [5.41, 5.74) is 1.00. The Kier molecular flexibility index (Phi) is 5.42. The lowest BCUT2D eigenvalue weighted by Crippen LogP contribution is -2.45. The fourth-order valence-corrected chi connectivity index (χ4v) is 3.51. The summed E-state index contributed by atoms with van der Waals surface area (Å²) in [6.45, 7) is 7.53. The van der Waals surface area contributed by atoms with Gasteiger partial charge in [0.25, 0.3) is 0 Å². The van der Waals surface area contributed by atoms with Crippen LogP contribution < -0.4 is 0 Å². The molecule has 1 saturated heterocycles. The van der Waals surface area contributed by atoms with Crippen LogP contribution in [0.4, 0.5) is 0 Å². The standard InChI is InChI=1S/C13H21ClN2OS/c1-10-7-16(8-11(2)17-10)5-3-4-13-15-12(6-14)9-18-13/h9-11H,3-8H2,1-2H3. The van der Waals surface area contributed by atoms with Gasteiger partial charge in [0, 0.05) is 24.9 Å². The Morgan fingerprint density at radius 3 is 2.78 bits per heavy atom. The minimum absolute atomic E-state index is 0.358. The van der Waals surface area contributed by atoms with E-state index >= 15 is 0 Å². The number of hydrogen-bond donors (Lipinski definition) is 0. The molecule has 2 atom stereocenters. The van der Waals surface area contributed by atoms with Crippen molar-refractivity contribution in [1.29, 1.82) is 0 Å². The number of aromatic nitrogens is 1. The quantitative estimate of drug-likeness (QED) is 0.779. The number of hydrogen-bond acceptors (Lipinski definition) is 4. The van der Waals surface area contributed by atoms with Crippen molar-refractivity contribution in [2.45, 2.75) is 44.8 Å². The third kappa shape index (κ3) is 4.19. The fraction of sp³-hybridized carbons (Fsp3) is 0.769. The highest BCUT2D eigenvalue weighted by atomic mass is 35.5. The molecule has 3 nitrogen and oxygen atoms in total. The molecule has 0 aliphatic carbocycles. The topological polar surface area (TPSA) is 25.4 Å². The fourth-order valence-electron chi connectivity index (χ4n) is 2.45. The van der Waals surface area contributed by atoms with Gasteiger partial charge in [-0.15, -0.1) is 22.9 Å². The molecule has 1 aromatic rings. The SMILES string of the molecule is CC1CN(CCCc2nc(CCl)cs2)CC(C)O1. The van der Waals surface area contributed by atoms with Crippen molar-refractivity contribution in [2.24, 2.45) is 0 Å². The first-order valence-electron chi connectivity index (χ1n) is 6.54. The first-order chi connectivity index (χ1) is 8.67. The molecule has 0 aromatic carbocycles. The number of thiazole rings is 1. The van der Waals surface area contributed by atoms with Crippen LogP contribution >= 0.6 is 22.9 Å². The number of nitrogens with zero attached hydrogens (tertiary/aromatic N) is 2. The molecule has 1 aliphatic heterocycles. The molecule has 0 amide bonds. The van der Waals surface area contributed by atoms with Gasteiger partial charge in [0.05, 0.1) is 28.8 Å². The van der Waals surface area contributed by atoms with Gasteiger partial charge in [-0.25, -0.2) is 4.98 Å².